The molecule has 0 spiro atoms. The van der Waals surface area contributed by atoms with E-state index in [4.69, 9.17) is 5.11 Å². The highest BCUT2D eigenvalue weighted by atomic mass is 16.4. The summed E-state index contributed by atoms with van der Waals surface area (Å²) in [4.78, 5) is 24.7. The molecule has 5 heteroatoms. The number of carboxylic acids is 1. The van der Waals surface area contributed by atoms with Crippen molar-refractivity contribution in [3.8, 4) is 0 Å². The maximum atomic E-state index is 12.1. The lowest BCUT2D eigenvalue weighted by atomic mass is 9.87. The molecule has 108 valence electrons. The second kappa shape index (κ2) is 6.26. The number of amides is 2. The molecule has 1 aliphatic heterocycles. The summed E-state index contributed by atoms with van der Waals surface area (Å²) in [6.45, 7) is 3.35. The molecule has 0 aromatic rings. The summed E-state index contributed by atoms with van der Waals surface area (Å²) >= 11 is 0. The number of nitrogens with one attached hydrogen (secondary N) is 1. The third kappa shape index (κ3) is 3.85. The van der Waals surface area contributed by atoms with Crippen LogP contribution in [0.1, 0.15) is 45.4 Å². The van der Waals surface area contributed by atoms with Crippen molar-refractivity contribution in [3.63, 3.8) is 0 Å². The van der Waals surface area contributed by atoms with Gasteiger partial charge in [-0.25, -0.2) is 4.79 Å². The molecule has 1 heterocycles. The summed E-state index contributed by atoms with van der Waals surface area (Å²) < 4.78 is 0. The quantitative estimate of drug-likeness (QED) is 0.805. The summed E-state index contributed by atoms with van der Waals surface area (Å²) in [5, 5.41) is 12.0. The van der Waals surface area contributed by atoms with Gasteiger partial charge in [0.2, 0.25) is 0 Å². The van der Waals surface area contributed by atoms with Crippen molar-refractivity contribution in [2.24, 2.45) is 11.8 Å². The number of hydrogen-bond donors (Lipinski definition) is 2. The zero-order chi connectivity index (χ0) is 13.8. The topological polar surface area (TPSA) is 69.6 Å². The van der Waals surface area contributed by atoms with Gasteiger partial charge in [0.05, 0.1) is 5.92 Å². The molecule has 2 fully saturated rings. The van der Waals surface area contributed by atoms with Crippen LogP contribution in [0.2, 0.25) is 0 Å². The van der Waals surface area contributed by atoms with Gasteiger partial charge in [-0.2, -0.15) is 0 Å². The van der Waals surface area contributed by atoms with Crippen LogP contribution in [0.4, 0.5) is 4.79 Å². The van der Waals surface area contributed by atoms with Crippen LogP contribution in [-0.4, -0.2) is 41.1 Å². The summed E-state index contributed by atoms with van der Waals surface area (Å²) in [6.07, 6.45) is 5.73. The predicted molar refractivity (Wildman–Crippen MR) is 71.9 cm³/mol. The number of piperidine rings is 1. The molecule has 1 saturated heterocycles. The highest BCUT2D eigenvalue weighted by Crippen LogP contribution is 2.24. The Kier molecular flexibility index (Phi) is 4.66. The first-order chi connectivity index (χ1) is 9.06. The molecule has 5 nitrogen and oxygen atoms in total. The highest BCUT2D eigenvalue weighted by molar-refractivity contribution is 5.75. The van der Waals surface area contributed by atoms with E-state index in [1.54, 1.807) is 4.90 Å². The van der Waals surface area contributed by atoms with Gasteiger partial charge >= 0.3 is 12.0 Å². The average molecular weight is 268 g/mol. The molecule has 2 amide bonds. The van der Waals surface area contributed by atoms with E-state index in [0.717, 1.165) is 12.8 Å². The molecule has 0 bridgehead atoms. The number of hydrogen-bond acceptors (Lipinski definition) is 2. The van der Waals surface area contributed by atoms with Crippen LogP contribution in [0.3, 0.4) is 0 Å². The standard InChI is InChI=1S/C14H24N2O3/c1-10-3-2-4-12(9-10)15-14(19)16-7-5-11(6-8-16)13(17)18/h10-12H,2-9H2,1H3,(H,15,19)(H,17,18). The molecule has 0 aromatic heterocycles. The number of carbonyl (C=O) groups is 2. The third-order valence-corrected chi connectivity index (χ3v) is 4.40. The molecule has 2 N–H and O–H groups in total. The van der Waals surface area contributed by atoms with Gasteiger partial charge in [0, 0.05) is 19.1 Å². The first-order valence-electron chi connectivity index (χ1n) is 7.34. The van der Waals surface area contributed by atoms with Crippen molar-refractivity contribution in [1.29, 1.82) is 0 Å². The molecule has 2 atom stereocenters. The Labute approximate surface area is 114 Å². The SMILES string of the molecule is CC1CCCC(NC(=O)N2CCC(C(=O)O)CC2)C1. The Morgan fingerprint density at radius 3 is 2.42 bits per heavy atom. The second-order valence-electron chi connectivity index (χ2n) is 6.02. The molecular formula is C14H24N2O3. The number of urea groups is 1. The van der Waals surface area contributed by atoms with Crippen molar-refractivity contribution in [2.45, 2.75) is 51.5 Å². The number of likely N-dealkylation sites (tertiary alicyclic amines) is 1. The maximum Gasteiger partial charge on any atom is 0.317 e. The molecule has 2 rings (SSSR count). The lowest BCUT2D eigenvalue weighted by Crippen LogP contribution is -2.49. The Morgan fingerprint density at radius 2 is 1.84 bits per heavy atom. The average Bonchev–Trinajstić information content (AvgIpc) is 2.39. The number of nitrogens with zero attached hydrogens (tertiary/aromatic N) is 1. The lowest BCUT2D eigenvalue weighted by Gasteiger charge is -2.33. The van der Waals surface area contributed by atoms with Crippen LogP contribution < -0.4 is 5.32 Å². The van der Waals surface area contributed by atoms with Crippen LogP contribution >= 0.6 is 0 Å². The highest BCUT2D eigenvalue weighted by Gasteiger charge is 2.28. The van der Waals surface area contributed by atoms with E-state index < -0.39 is 5.97 Å². The number of carbonyl (C=O) groups excluding carboxylic acids is 1. The van der Waals surface area contributed by atoms with Crippen molar-refractivity contribution in [2.75, 3.05) is 13.1 Å². The predicted octanol–water partition coefficient (Wildman–Crippen LogP) is 2.07. The van der Waals surface area contributed by atoms with E-state index in [1.807, 2.05) is 0 Å². The molecule has 1 aliphatic carbocycles. The fraction of sp³-hybridized carbons (Fsp3) is 0.857. The molecule has 2 aliphatic rings. The van der Waals surface area contributed by atoms with Crippen LogP contribution in [0.5, 0.6) is 0 Å². The second-order valence-corrected chi connectivity index (χ2v) is 6.02. The molecular weight excluding hydrogens is 244 g/mol. The Morgan fingerprint density at radius 1 is 1.16 bits per heavy atom. The Bertz CT molecular complexity index is 338. The number of carboxylic acid groups (broad SMARTS) is 1. The normalized spacial score (nSPS) is 29.0. The van der Waals surface area contributed by atoms with Crippen molar-refractivity contribution >= 4 is 12.0 Å². The van der Waals surface area contributed by atoms with E-state index in [1.165, 1.54) is 12.8 Å². The van der Waals surface area contributed by atoms with Gasteiger partial charge < -0.3 is 15.3 Å². The molecule has 0 aromatic carbocycles. The van der Waals surface area contributed by atoms with E-state index in [9.17, 15) is 9.59 Å². The van der Waals surface area contributed by atoms with E-state index in [-0.39, 0.29) is 11.9 Å². The van der Waals surface area contributed by atoms with E-state index in [2.05, 4.69) is 12.2 Å². The summed E-state index contributed by atoms with van der Waals surface area (Å²) in [5.41, 5.74) is 0. The lowest BCUT2D eigenvalue weighted by molar-refractivity contribution is -0.143. The van der Waals surface area contributed by atoms with Gasteiger partial charge in [-0.05, 0) is 31.6 Å². The number of aliphatic carboxylic acids is 1. The minimum Gasteiger partial charge on any atom is -0.481 e. The molecule has 1 saturated carbocycles. The Hall–Kier alpha value is -1.26. The van der Waals surface area contributed by atoms with Crippen LogP contribution in [-0.2, 0) is 4.79 Å². The minimum absolute atomic E-state index is 0.0112. The van der Waals surface area contributed by atoms with Crippen molar-refractivity contribution < 1.29 is 14.7 Å². The Balaban J connectivity index is 1.76. The fourth-order valence-corrected chi connectivity index (χ4v) is 3.16. The fourth-order valence-electron chi connectivity index (χ4n) is 3.16. The van der Waals surface area contributed by atoms with Crippen molar-refractivity contribution in [1.82, 2.24) is 10.2 Å². The molecule has 19 heavy (non-hydrogen) atoms. The largest absolute Gasteiger partial charge is 0.481 e. The maximum absolute atomic E-state index is 12.1. The summed E-state index contributed by atoms with van der Waals surface area (Å²) in [7, 11) is 0. The first-order valence-corrected chi connectivity index (χ1v) is 7.34. The molecule has 2 unspecified atom stereocenters. The van der Waals surface area contributed by atoms with Gasteiger partial charge in [-0.15, -0.1) is 0 Å². The first kappa shape index (κ1) is 14.2. The minimum atomic E-state index is -0.735. The summed E-state index contributed by atoms with van der Waals surface area (Å²) in [6, 6.07) is 0.288. The van der Waals surface area contributed by atoms with Gasteiger partial charge in [0.1, 0.15) is 0 Å². The molecule has 0 radical (unpaired) electrons. The van der Waals surface area contributed by atoms with Crippen LogP contribution in [0.15, 0.2) is 0 Å². The van der Waals surface area contributed by atoms with E-state index >= 15 is 0 Å². The monoisotopic (exact) mass is 268 g/mol. The van der Waals surface area contributed by atoms with Crippen molar-refractivity contribution in [3.05, 3.63) is 0 Å². The van der Waals surface area contributed by atoms with Gasteiger partial charge in [-0.1, -0.05) is 19.8 Å². The van der Waals surface area contributed by atoms with E-state index in [0.29, 0.717) is 37.9 Å². The zero-order valence-electron chi connectivity index (χ0n) is 11.6. The number of rotatable bonds is 2. The van der Waals surface area contributed by atoms with Gasteiger partial charge in [-0.3, -0.25) is 4.79 Å². The van der Waals surface area contributed by atoms with Gasteiger partial charge in [0.15, 0.2) is 0 Å². The van der Waals surface area contributed by atoms with Crippen LogP contribution in [0, 0.1) is 11.8 Å². The van der Waals surface area contributed by atoms with Crippen LogP contribution in [0.25, 0.3) is 0 Å². The third-order valence-electron chi connectivity index (χ3n) is 4.40. The zero-order valence-corrected chi connectivity index (χ0v) is 11.6. The summed E-state index contributed by atoms with van der Waals surface area (Å²) in [5.74, 6) is -0.322. The smallest absolute Gasteiger partial charge is 0.317 e. The van der Waals surface area contributed by atoms with Gasteiger partial charge in [0.25, 0.3) is 0 Å².